The fourth-order valence-corrected chi connectivity index (χ4v) is 2.01. The first-order valence-electron chi connectivity index (χ1n) is 5.70. The van der Waals surface area contributed by atoms with Gasteiger partial charge in [0.25, 0.3) is 0 Å². The topological polar surface area (TPSA) is 58.5 Å². The summed E-state index contributed by atoms with van der Waals surface area (Å²) in [5, 5.41) is 3.97. The maximum Gasteiger partial charge on any atom is 0.240 e. The van der Waals surface area contributed by atoms with Crippen LogP contribution in [0.2, 0.25) is 0 Å². The monoisotopic (exact) mass is 248 g/mol. The molecule has 0 bridgehead atoms. The molecule has 0 aliphatic carbocycles. The largest absolute Gasteiger partial charge is 0.303 e. The number of carbonyl (C=O) groups excluding carboxylic acids is 2. The molecule has 0 radical (unpaired) electrons. The van der Waals surface area contributed by atoms with E-state index in [2.05, 4.69) is 10.5 Å². The normalized spacial score (nSPS) is 19.1. The van der Waals surface area contributed by atoms with E-state index >= 15 is 0 Å². The molecule has 1 aromatic carbocycles. The van der Waals surface area contributed by atoms with Gasteiger partial charge in [-0.1, -0.05) is 6.92 Å². The highest BCUT2D eigenvalue weighted by Crippen LogP contribution is 2.19. The van der Waals surface area contributed by atoms with E-state index in [4.69, 9.17) is 0 Å². The fraction of sp³-hybridized carbons (Fsp3) is 0.308. The van der Waals surface area contributed by atoms with E-state index < -0.39 is 5.82 Å². The quantitative estimate of drug-likeness (QED) is 0.822. The molecule has 2 rings (SSSR count). The summed E-state index contributed by atoms with van der Waals surface area (Å²) in [7, 11) is 0. The minimum Gasteiger partial charge on any atom is -0.303 e. The van der Waals surface area contributed by atoms with E-state index in [0.29, 0.717) is 23.3 Å². The molecule has 4 nitrogen and oxygen atoms in total. The zero-order valence-corrected chi connectivity index (χ0v) is 9.94. The van der Waals surface area contributed by atoms with E-state index in [1.54, 1.807) is 6.07 Å². The van der Waals surface area contributed by atoms with Crippen molar-refractivity contribution < 1.29 is 14.0 Å². The van der Waals surface area contributed by atoms with Crippen LogP contribution in [0.4, 0.5) is 4.39 Å². The standard InChI is InChI=1S/C13H13FN2O2/c1-8-4-12(18)15-16-13(8)10-5-9(2-3-17)6-11(14)7-10/h3,5-8H,2,4H2,1H3,(H,15,18). The molecule has 18 heavy (non-hydrogen) atoms. The molecule has 1 N–H and O–H groups in total. The first-order chi connectivity index (χ1) is 8.60. The molecular weight excluding hydrogens is 235 g/mol. The predicted molar refractivity (Wildman–Crippen MR) is 64.6 cm³/mol. The Hall–Kier alpha value is -2.04. The van der Waals surface area contributed by atoms with Crippen LogP contribution >= 0.6 is 0 Å². The third-order valence-electron chi connectivity index (χ3n) is 2.83. The van der Waals surface area contributed by atoms with Crippen LogP contribution in [0.1, 0.15) is 24.5 Å². The first-order valence-corrected chi connectivity index (χ1v) is 5.70. The Morgan fingerprint density at radius 3 is 2.94 bits per heavy atom. The molecule has 1 atom stereocenters. The lowest BCUT2D eigenvalue weighted by Gasteiger charge is -2.19. The number of carbonyl (C=O) groups is 2. The number of rotatable bonds is 3. The molecule has 1 aliphatic rings. The third kappa shape index (κ3) is 2.61. The second kappa shape index (κ2) is 5.08. The van der Waals surface area contributed by atoms with Crippen molar-refractivity contribution in [3.63, 3.8) is 0 Å². The Kier molecular flexibility index (Phi) is 3.50. The fourth-order valence-electron chi connectivity index (χ4n) is 2.01. The number of nitrogens with zero attached hydrogens (tertiary/aromatic N) is 1. The molecule has 1 amide bonds. The van der Waals surface area contributed by atoms with Crippen LogP contribution in [-0.4, -0.2) is 17.9 Å². The maximum absolute atomic E-state index is 13.5. The lowest BCUT2D eigenvalue weighted by molar-refractivity contribution is -0.121. The van der Waals surface area contributed by atoms with Crippen LogP contribution in [-0.2, 0) is 16.0 Å². The van der Waals surface area contributed by atoms with E-state index in [9.17, 15) is 14.0 Å². The van der Waals surface area contributed by atoms with Crippen molar-refractivity contribution in [3.8, 4) is 0 Å². The minimum absolute atomic E-state index is 0.0652. The molecule has 0 spiro atoms. The van der Waals surface area contributed by atoms with Crippen molar-refractivity contribution >= 4 is 17.9 Å². The summed E-state index contributed by atoms with van der Waals surface area (Å²) >= 11 is 0. The second-order valence-corrected chi connectivity index (χ2v) is 4.36. The lowest BCUT2D eigenvalue weighted by atomic mass is 9.93. The van der Waals surface area contributed by atoms with E-state index in [-0.39, 0.29) is 18.2 Å². The van der Waals surface area contributed by atoms with Gasteiger partial charge in [0.2, 0.25) is 5.91 Å². The molecule has 1 aromatic rings. The highest BCUT2D eigenvalue weighted by atomic mass is 19.1. The van der Waals surface area contributed by atoms with Crippen LogP contribution in [0.25, 0.3) is 0 Å². The number of benzene rings is 1. The number of hydrogen-bond donors (Lipinski definition) is 1. The smallest absolute Gasteiger partial charge is 0.240 e. The molecule has 5 heteroatoms. The molecule has 94 valence electrons. The van der Waals surface area contributed by atoms with Gasteiger partial charge in [-0.15, -0.1) is 0 Å². The number of halogens is 1. The van der Waals surface area contributed by atoms with Gasteiger partial charge >= 0.3 is 0 Å². The minimum atomic E-state index is -0.406. The summed E-state index contributed by atoms with van der Waals surface area (Å²) in [6, 6.07) is 4.41. The predicted octanol–water partition coefficient (Wildman–Crippen LogP) is 1.43. The Morgan fingerprint density at radius 2 is 2.28 bits per heavy atom. The number of hydrazone groups is 1. The van der Waals surface area contributed by atoms with Crippen molar-refractivity contribution in [2.75, 3.05) is 0 Å². The molecule has 1 heterocycles. The van der Waals surface area contributed by atoms with Gasteiger partial charge in [-0.25, -0.2) is 9.82 Å². The van der Waals surface area contributed by atoms with Gasteiger partial charge in [0, 0.05) is 24.3 Å². The van der Waals surface area contributed by atoms with Crippen molar-refractivity contribution in [2.24, 2.45) is 11.0 Å². The summed E-state index contributed by atoms with van der Waals surface area (Å²) in [5.74, 6) is -0.614. The molecular formula is C13H13FN2O2. The summed E-state index contributed by atoms with van der Waals surface area (Å²) in [6.45, 7) is 1.86. The highest BCUT2D eigenvalue weighted by molar-refractivity contribution is 6.05. The van der Waals surface area contributed by atoms with Crippen LogP contribution < -0.4 is 5.43 Å². The SMILES string of the molecule is CC1CC(=O)NN=C1c1cc(F)cc(CC=O)c1. The first kappa shape index (κ1) is 12.4. The summed E-state index contributed by atoms with van der Waals surface area (Å²) < 4.78 is 13.5. The zero-order chi connectivity index (χ0) is 13.1. The van der Waals surface area contributed by atoms with E-state index in [0.717, 1.165) is 6.29 Å². The average molecular weight is 248 g/mol. The van der Waals surface area contributed by atoms with Crippen molar-refractivity contribution in [1.82, 2.24) is 5.43 Å². The Morgan fingerprint density at radius 1 is 1.50 bits per heavy atom. The Balaban J connectivity index is 2.38. The van der Waals surface area contributed by atoms with Gasteiger partial charge in [-0.3, -0.25) is 4.79 Å². The van der Waals surface area contributed by atoms with Crippen LogP contribution in [0.15, 0.2) is 23.3 Å². The molecule has 1 unspecified atom stereocenters. The zero-order valence-electron chi connectivity index (χ0n) is 9.94. The molecule has 0 fully saturated rings. The van der Waals surface area contributed by atoms with Gasteiger partial charge in [0.05, 0.1) is 5.71 Å². The molecule has 0 aromatic heterocycles. The summed E-state index contributed by atoms with van der Waals surface area (Å²) in [6.07, 6.45) is 1.23. The van der Waals surface area contributed by atoms with Crippen LogP contribution in [0, 0.1) is 11.7 Å². The molecule has 1 aliphatic heterocycles. The second-order valence-electron chi connectivity index (χ2n) is 4.36. The van der Waals surface area contributed by atoms with Crippen LogP contribution in [0.3, 0.4) is 0 Å². The van der Waals surface area contributed by atoms with Crippen molar-refractivity contribution in [1.29, 1.82) is 0 Å². The van der Waals surface area contributed by atoms with Gasteiger partial charge in [0.1, 0.15) is 12.1 Å². The third-order valence-corrected chi connectivity index (χ3v) is 2.83. The van der Waals surface area contributed by atoms with Gasteiger partial charge < -0.3 is 4.79 Å². The van der Waals surface area contributed by atoms with E-state index in [1.807, 2.05) is 6.92 Å². The lowest BCUT2D eigenvalue weighted by Crippen LogP contribution is -2.32. The summed E-state index contributed by atoms with van der Waals surface area (Å²) in [5.41, 5.74) is 4.24. The number of aldehydes is 1. The van der Waals surface area contributed by atoms with Gasteiger partial charge in [-0.2, -0.15) is 5.10 Å². The highest BCUT2D eigenvalue weighted by Gasteiger charge is 2.22. The number of amides is 1. The Bertz CT molecular complexity index is 526. The van der Waals surface area contributed by atoms with E-state index in [1.165, 1.54) is 12.1 Å². The molecule has 0 saturated heterocycles. The number of hydrogen-bond acceptors (Lipinski definition) is 3. The van der Waals surface area contributed by atoms with Crippen molar-refractivity contribution in [3.05, 3.63) is 35.1 Å². The van der Waals surface area contributed by atoms with Crippen molar-refractivity contribution in [2.45, 2.75) is 19.8 Å². The maximum atomic E-state index is 13.5. The number of nitrogens with one attached hydrogen (secondary N) is 1. The average Bonchev–Trinajstić information content (AvgIpc) is 2.28. The van der Waals surface area contributed by atoms with Gasteiger partial charge in [-0.05, 0) is 23.8 Å². The molecule has 0 saturated carbocycles. The Labute approximate surface area is 104 Å². The summed E-state index contributed by atoms with van der Waals surface area (Å²) in [4.78, 5) is 21.6. The van der Waals surface area contributed by atoms with Crippen LogP contribution in [0.5, 0.6) is 0 Å². The van der Waals surface area contributed by atoms with Gasteiger partial charge in [0.15, 0.2) is 0 Å².